The van der Waals surface area contributed by atoms with Crippen LogP contribution in [0.15, 0.2) is 47.4 Å². The predicted octanol–water partition coefficient (Wildman–Crippen LogP) is 3.47. The lowest BCUT2D eigenvalue weighted by Gasteiger charge is -2.47. The SMILES string of the molecule is Cc1ccc(S(=O)(=O)N2CC(=O)N(c3cc(C)ccc3C)[C@](C)(C(=O)NC3CCCC3)C2)cc1. The van der Waals surface area contributed by atoms with Gasteiger partial charge in [-0.1, -0.05) is 42.7 Å². The zero-order valence-electron chi connectivity index (χ0n) is 20.3. The third-order valence-electron chi connectivity index (χ3n) is 6.98. The molecule has 1 saturated heterocycles. The van der Waals surface area contributed by atoms with Crippen LogP contribution in [0, 0.1) is 20.8 Å². The summed E-state index contributed by atoms with van der Waals surface area (Å²) in [7, 11) is -3.96. The number of hydrogen-bond acceptors (Lipinski definition) is 4. The Morgan fingerprint density at radius 3 is 2.26 bits per heavy atom. The Labute approximate surface area is 202 Å². The second-order valence-electron chi connectivity index (χ2n) is 9.83. The summed E-state index contributed by atoms with van der Waals surface area (Å²) >= 11 is 0. The van der Waals surface area contributed by atoms with Gasteiger partial charge in [0.25, 0.3) is 0 Å². The summed E-state index contributed by atoms with van der Waals surface area (Å²) in [6, 6.07) is 12.4. The number of benzene rings is 2. The molecule has 1 aliphatic heterocycles. The Bertz CT molecular complexity index is 1200. The van der Waals surface area contributed by atoms with Crippen molar-refractivity contribution < 1.29 is 18.0 Å². The quantitative estimate of drug-likeness (QED) is 0.706. The summed E-state index contributed by atoms with van der Waals surface area (Å²) in [6.45, 7) is 6.94. The minimum atomic E-state index is -3.96. The molecule has 0 aromatic heterocycles. The fraction of sp³-hybridized carbons (Fsp3) is 0.462. The summed E-state index contributed by atoms with van der Waals surface area (Å²) in [6.07, 6.45) is 3.89. The standard InChI is InChI=1S/C26H33N3O4S/c1-18-10-13-22(14-11-18)34(32,33)28-16-24(30)29(23-15-19(2)9-12-20(23)3)26(4,17-28)25(31)27-21-7-5-6-8-21/h9-15,21H,5-8,16-17H2,1-4H3,(H,27,31)/t26-/m0/s1. The highest BCUT2D eigenvalue weighted by atomic mass is 32.2. The van der Waals surface area contributed by atoms with Gasteiger partial charge in [0.2, 0.25) is 21.8 Å². The summed E-state index contributed by atoms with van der Waals surface area (Å²) in [4.78, 5) is 29.0. The van der Waals surface area contributed by atoms with Crippen LogP contribution in [0.3, 0.4) is 0 Å². The van der Waals surface area contributed by atoms with Crippen molar-refractivity contribution in [3.8, 4) is 0 Å². The number of anilines is 1. The molecule has 4 rings (SSSR count). The summed E-state index contributed by atoms with van der Waals surface area (Å²) in [5, 5.41) is 3.11. The maximum absolute atomic E-state index is 13.7. The van der Waals surface area contributed by atoms with Gasteiger partial charge in [0.05, 0.1) is 11.4 Å². The van der Waals surface area contributed by atoms with Crippen molar-refractivity contribution in [2.24, 2.45) is 0 Å². The van der Waals surface area contributed by atoms with Crippen LogP contribution < -0.4 is 10.2 Å². The monoisotopic (exact) mass is 483 g/mol. The van der Waals surface area contributed by atoms with Gasteiger partial charge in [-0.25, -0.2) is 8.42 Å². The Morgan fingerprint density at radius 2 is 1.62 bits per heavy atom. The van der Waals surface area contributed by atoms with Crippen molar-refractivity contribution in [2.75, 3.05) is 18.0 Å². The second kappa shape index (κ2) is 9.15. The lowest BCUT2D eigenvalue weighted by molar-refractivity contribution is -0.133. The number of carbonyl (C=O) groups excluding carboxylic acids is 2. The summed E-state index contributed by atoms with van der Waals surface area (Å²) < 4.78 is 28.1. The molecule has 0 radical (unpaired) electrons. The first kappa shape index (κ1) is 24.4. The molecular formula is C26H33N3O4S. The van der Waals surface area contributed by atoms with E-state index < -0.39 is 21.5 Å². The van der Waals surface area contributed by atoms with Crippen molar-refractivity contribution >= 4 is 27.5 Å². The lowest BCUT2D eigenvalue weighted by Crippen LogP contribution is -2.70. The molecule has 1 N–H and O–H groups in total. The number of piperazine rings is 1. The van der Waals surface area contributed by atoms with Crippen molar-refractivity contribution in [1.82, 2.24) is 9.62 Å². The highest BCUT2D eigenvalue weighted by Gasteiger charge is 2.51. The summed E-state index contributed by atoms with van der Waals surface area (Å²) in [5.74, 6) is -0.739. The third kappa shape index (κ3) is 4.49. The largest absolute Gasteiger partial charge is 0.351 e. The Kier molecular flexibility index (Phi) is 6.57. The van der Waals surface area contributed by atoms with E-state index in [-0.39, 0.29) is 29.9 Å². The molecule has 2 amide bonds. The van der Waals surface area contributed by atoms with Crippen LogP contribution in [0.1, 0.15) is 49.3 Å². The van der Waals surface area contributed by atoms with Gasteiger partial charge in [-0.2, -0.15) is 4.31 Å². The number of rotatable bonds is 5. The smallest absolute Gasteiger partial charge is 0.247 e. The number of carbonyl (C=O) groups is 2. The molecule has 7 nitrogen and oxygen atoms in total. The van der Waals surface area contributed by atoms with Crippen LogP contribution in [0.2, 0.25) is 0 Å². The van der Waals surface area contributed by atoms with Crippen LogP contribution >= 0.6 is 0 Å². The van der Waals surface area contributed by atoms with Crippen LogP contribution in [0.25, 0.3) is 0 Å². The van der Waals surface area contributed by atoms with Gasteiger partial charge in [0.1, 0.15) is 5.54 Å². The van der Waals surface area contributed by atoms with Crippen LogP contribution in [0.4, 0.5) is 5.69 Å². The van der Waals surface area contributed by atoms with Crippen molar-refractivity contribution in [2.45, 2.75) is 69.9 Å². The predicted molar refractivity (Wildman–Crippen MR) is 132 cm³/mol. The number of nitrogens with zero attached hydrogens (tertiary/aromatic N) is 2. The van der Waals surface area contributed by atoms with Crippen LogP contribution in [-0.2, 0) is 19.6 Å². The van der Waals surface area contributed by atoms with E-state index in [2.05, 4.69) is 5.32 Å². The average Bonchev–Trinajstić information content (AvgIpc) is 3.29. The first-order valence-corrected chi connectivity index (χ1v) is 13.2. The van der Waals surface area contributed by atoms with E-state index in [0.29, 0.717) is 5.69 Å². The van der Waals surface area contributed by atoms with Crippen molar-refractivity contribution in [1.29, 1.82) is 0 Å². The Balaban J connectivity index is 1.76. The minimum absolute atomic E-state index is 0.0453. The zero-order valence-corrected chi connectivity index (χ0v) is 21.1. The highest BCUT2D eigenvalue weighted by molar-refractivity contribution is 7.89. The lowest BCUT2D eigenvalue weighted by atomic mass is 9.92. The van der Waals surface area contributed by atoms with Gasteiger partial charge in [0, 0.05) is 18.3 Å². The highest BCUT2D eigenvalue weighted by Crippen LogP contribution is 2.35. The molecule has 0 spiro atoms. The average molecular weight is 484 g/mol. The molecule has 0 bridgehead atoms. The number of hydrogen-bond donors (Lipinski definition) is 1. The van der Waals surface area contributed by atoms with Gasteiger partial charge in [-0.3, -0.25) is 14.5 Å². The molecule has 182 valence electrons. The second-order valence-corrected chi connectivity index (χ2v) is 11.8. The molecule has 1 saturated carbocycles. The molecule has 2 aromatic carbocycles. The van der Waals surface area contributed by atoms with Crippen LogP contribution in [-0.4, -0.2) is 49.2 Å². The molecule has 1 atom stereocenters. The molecular weight excluding hydrogens is 450 g/mol. The molecule has 2 fully saturated rings. The van der Waals surface area contributed by atoms with Gasteiger partial charge in [0.15, 0.2) is 0 Å². The maximum Gasteiger partial charge on any atom is 0.247 e. The van der Waals surface area contributed by atoms with Gasteiger partial charge < -0.3 is 5.32 Å². The van der Waals surface area contributed by atoms with Gasteiger partial charge >= 0.3 is 0 Å². The van der Waals surface area contributed by atoms with E-state index in [1.165, 1.54) is 4.90 Å². The molecule has 2 aromatic rings. The molecule has 8 heteroatoms. The topological polar surface area (TPSA) is 86.8 Å². The van der Waals surface area contributed by atoms with Crippen molar-refractivity contribution in [3.63, 3.8) is 0 Å². The van der Waals surface area contributed by atoms with Gasteiger partial charge in [-0.05, 0) is 69.9 Å². The van der Waals surface area contributed by atoms with Crippen LogP contribution in [0.5, 0.6) is 0 Å². The number of sulfonamides is 1. The van der Waals surface area contributed by atoms with E-state index in [1.807, 2.05) is 39.0 Å². The normalized spacial score (nSPS) is 22.2. The number of nitrogens with one attached hydrogen (secondary N) is 1. The third-order valence-corrected chi connectivity index (χ3v) is 8.79. The zero-order chi connectivity index (χ0) is 24.7. The fourth-order valence-electron chi connectivity index (χ4n) is 4.94. The molecule has 1 heterocycles. The molecule has 2 aliphatic rings. The van der Waals surface area contributed by atoms with Gasteiger partial charge in [-0.15, -0.1) is 0 Å². The van der Waals surface area contributed by atoms with E-state index in [9.17, 15) is 18.0 Å². The van der Waals surface area contributed by atoms with E-state index in [4.69, 9.17) is 0 Å². The minimum Gasteiger partial charge on any atom is -0.351 e. The first-order chi connectivity index (χ1) is 16.0. The maximum atomic E-state index is 13.7. The molecule has 1 aliphatic carbocycles. The fourth-order valence-corrected chi connectivity index (χ4v) is 6.42. The first-order valence-electron chi connectivity index (χ1n) is 11.8. The van der Waals surface area contributed by atoms with Crippen molar-refractivity contribution in [3.05, 3.63) is 59.2 Å². The Morgan fingerprint density at radius 1 is 1.00 bits per heavy atom. The molecule has 34 heavy (non-hydrogen) atoms. The molecule has 0 unspecified atom stereocenters. The van der Waals surface area contributed by atoms with E-state index in [0.717, 1.165) is 46.7 Å². The number of aryl methyl sites for hydroxylation is 3. The van der Waals surface area contributed by atoms with E-state index >= 15 is 0 Å². The summed E-state index contributed by atoms with van der Waals surface area (Å²) in [5.41, 5.74) is 2.00. The van der Waals surface area contributed by atoms with E-state index in [1.54, 1.807) is 31.2 Å². The Hall–Kier alpha value is -2.71. The number of amides is 2.